The number of nitrogens with two attached hydrogens (primary N) is 2. The van der Waals surface area contributed by atoms with E-state index in [9.17, 15) is 33.9 Å². The molecule has 2 aliphatic heterocycles. The highest BCUT2D eigenvalue weighted by Crippen LogP contribution is 2.46. The van der Waals surface area contributed by atoms with Gasteiger partial charge in [0.1, 0.15) is 24.1 Å². The molecule has 3 aromatic rings. The van der Waals surface area contributed by atoms with Gasteiger partial charge in [0, 0.05) is 35.5 Å². The third-order valence-corrected chi connectivity index (χ3v) is 12.0. The fourth-order valence-corrected chi connectivity index (χ4v) is 8.57. The van der Waals surface area contributed by atoms with E-state index in [-0.39, 0.29) is 68.3 Å². The van der Waals surface area contributed by atoms with E-state index in [4.69, 9.17) is 25.9 Å². The summed E-state index contributed by atoms with van der Waals surface area (Å²) in [6, 6.07) is 0.291. The van der Waals surface area contributed by atoms with Gasteiger partial charge in [-0.2, -0.15) is 0 Å². The monoisotopic (exact) mass is 847 g/mol. The number of rotatable bonds is 14. The molecule has 0 bridgehead atoms. The van der Waals surface area contributed by atoms with E-state index < -0.39 is 64.6 Å². The molecule has 6 rings (SSSR count). The van der Waals surface area contributed by atoms with Crippen LogP contribution < -0.4 is 27.7 Å². The SMILES string of the molecule is CC[C@@]1(O)C(=O)OCc2c1cc1n(c2=O)Cc2c-1nc1cc(F)c(C)c3c1c2[C@@H](NC(=O)CCCN(C(=O)OC(C)(C)C)[C@@H](CCCCN)C(=O)NC(=O)[C@@H](N)C(C)C)CC3. The quantitative estimate of drug-likeness (QED) is 0.0901. The van der Waals surface area contributed by atoms with Crippen LogP contribution >= 0.6 is 0 Å². The largest absolute Gasteiger partial charge is 0.458 e. The molecule has 1 aromatic carbocycles. The van der Waals surface area contributed by atoms with E-state index in [0.717, 1.165) is 5.56 Å². The molecule has 0 fully saturated rings. The predicted molar refractivity (Wildman–Crippen MR) is 223 cm³/mol. The smallest absolute Gasteiger partial charge is 0.410 e. The molecule has 0 saturated carbocycles. The molecular weight excluding hydrogens is 790 g/mol. The topological polar surface area (TPSA) is 238 Å². The van der Waals surface area contributed by atoms with E-state index in [1.807, 2.05) is 0 Å². The van der Waals surface area contributed by atoms with Gasteiger partial charge < -0.3 is 35.9 Å². The minimum absolute atomic E-state index is 0.0305. The van der Waals surface area contributed by atoms with Crippen molar-refractivity contribution in [3.63, 3.8) is 0 Å². The summed E-state index contributed by atoms with van der Waals surface area (Å²) in [6.07, 6.45) is 1.31. The van der Waals surface area contributed by atoms with Crippen molar-refractivity contribution < 1.29 is 42.9 Å². The van der Waals surface area contributed by atoms with Crippen molar-refractivity contribution in [2.24, 2.45) is 17.4 Å². The molecule has 7 N–H and O–H groups in total. The number of nitrogens with zero attached hydrogens (tertiary/aromatic N) is 3. The maximum absolute atomic E-state index is 15.4. The summed E-state index contributed by atoms with van der Waals surface area (Å²) in [6.45, 7) is 12.0. The van der Waals surface area contributed by atoms with Crippen molar-refractivity contribution in [1.82, 2.24) is 25.1 Å². The normalized spacial score (nSPS) is 18.8. The third-order valence-electron chi connectivity index (χ3n) is 12.0. The highest BCUT2D eigenvalue weighted by molar-refractivity contribution is 6.01. The number of carbonyl (C=O) groups is 5. The van der Waals surface area contributed by atoms with Gasteiger partial charge in [0.05, 0.1) is 41.1 Å². The lowest BCUT2D eigenvalue weighted by Crippen LogP contribution is -2.55. The number of unbranched alkanes of at least 4 members (excludes halogenated alkanes) is 1. The molecule has 2 aromatic heterocycles. The number of carbonyl (C=O) groups excluding carboxylic acids is 5. The lowest BCUT2D eigenvalue weighted by Gasteiger charge is -2.33. The number of amides is 4. The van der Waals surface area contributed by atoms with E-state index in [2.05, 4.69) is 10.6 Å². The number of aliphatic hydroxyl groups is 1. The van der Waals surface area contributed by atoms with Gasteiger partial charge in [-0.1, -0.05) is 20.8 Å². The number of cyclic esters (lactones) is 1. The van der Waals surface area contributed by atoms with Gasteiger partial charge in [-0.3, -0.25) is 29.4 Å². The summed E-state index contributed by atoms with van der Waals surface area (Å²) in [5, 5.41) is 17.6. The summed E-state index contributed by atoms with van der Waals surface area (Å²) in [5.74, 6) is -3.28. The van der Waals surface area contributed by atoms with Crippen molar-refractivity contribution in [3.8, 4) is 11.4 Å². The number of aryl methyl sites for hydroxylation is 1. The number of halogens is 1. The number of aromatic nitrogens is 2. The lowest BCUT2D eigenvalue weighted by atomic mass is 9.81. The average Bonchev–Trinajstić information content (AvgIpc) is 3.57. The van der Waals surface area contributed by atoms with Gasteiger partial charge >= 0.3 is 12.1 Å². The molecule has 4 heterocycles. The zero-order valence-corrected chi connectivity index (χ0v) is 36.0. The number of ether oxygens (including phenoxy) is 2. The Morgan fingerprint density at radius 2 is 1.84 bits per heavy atom. The van der Waals surface area contributed by atoms with Crippen LogP contribution in [0.3, 0.4) is 0 Å². The maximum Gasteiger partial charge on any atom is 0.410 e. The minimum atomic E-state index is -2.03. The van der Waals surface area contributed by atoms with Crippen LogP contribution in [-0.2, 0) is 53.8 Å². The summed E-state index contributed by atoms with van der Waals surface area (Å²) in [7, 11) is 0. The number of imide groups is 1. The van der Waals surface area contributed by atoms with Crippen LogP contribution in [0, 0.1) is 18.7 Å². The van der Waals surface area contributed by atoms with E-state index >= 15 is 4.39 Å². The fourth-order valence-electron chi connectivity index (χ4n) is 8.57. The van der Waals surface area contributed by atoms with Crippen molar-refractivity contribution in [3.05, 3.63) is 61.7 Å². The number of pyridine rings is 2. The van der Waals surface area contributed by atoms with Crippen molar-refractivity contribution in [1.29, 1.82) is 0 Å². The minimum Gasteiger partial charge on any atom is -0.458 e. The Balaban J connectivity index is 1.30. The molecule has 16 nitrogen and oxygen atoms in total. The van der Waals surface area contributed by atoms with Gasteiger partial charge in [0.15, 0.2) is 5.60 Å². The standard InChI is InChI=1S/C44H58FN7O9/c1-8-44(59)27-18-32-37-25(20-52(32)40(56)26(27)21-60-41(44)57)35-29(15-14-24-23(4)28(45)19-30(49-37)34(24)35)48-33(53)13-11-17-51(42(58)61-43(5,6)7)31(12-9-10-16-46)38(54)50-39(55)36(47)22(2)3/h18-19,22,29,31,36,59H,8-17,20-21,46-47H2,1-7H3,(H,48,53)(H,50,54,55)/t29-,31-,36-,44-/m0/s1. The predicted octanol–water partition coefficient (Wildman–Crippen LogP) is 3.77. The van der Waals surface area contributed by atoms with E-state index in [1.165, 1.54) is 15.5 Å². The molecule has 330 valence electrons. The van der Waals surface area contributed by atoms with Crippen molar-refractivity contribution in [2.45, 2.75) is 142 Å². The Labute approximate surface area is 353 Å². The van der Waals surface area contributed by atoms with Gasteiger partial charge in [-0.05, 0) is 108 Å². The molecule has 0 unspecified atom stereocenters. The highest BCUT2D eigenvalue weighted by Gasteiger charge is 2.46. The third kappa shape index (κ3) is 8.77. The zero-order valence-electron chi connectivity index (χ0n) is 36.0. The molecule has 17 heteroatoms. The Hall–Kier alpha value is -5.26. The zero-order chi connectivity index (χ0) is 44.7. The summed E-state index contributed by atoms with van der Waals surface area (Å²) >= 11 is 0. The van der Waals surface area contributed by atoms with Crippen LogP contribution in [0.1, 0.15) is 126 Å². The molecule has 3 aliphatic rings. The van der Waals surface area contributed by atoms with E-state index in [0.29, 0.717) is 71.2 Å². The molecule has 1 aliphatic carbocycles. The number of nitrogens with one attached hydrogen (secondary N) is 2. The van der Waals surface area contributed by atoms with Crippen LogP contribution in [0.15, 0.2) is 16.9 Å². The van der Waals surface area contributed by atoms with Gasteiger partial charge in [-0.15, -0.1) is 0 Å². The second-order valence-corrected chi connectivity index (χ2v) is 17.7. The van der Waals surface area contributed by atoms with Gasteiger partial charge in [-0.25, -0.2) is 19.0 Å². The molecule has 4 atom stereocenters. The first-order chi connectivity index (χ1) is 28.7. The van der Waals surface area contributed by atoms with Crippen molar-refractivity contribution >= 4 is 40.7 Å². The van der Waals surface area contributed by atoms with Crippen LogP contribution in [0.5, 0.6) is 0 Å². The van der Waals surface area contributed by atoms with E-state index in [1.54, 1.807) is 54.5 Å². The lowest BCUT2D eigenvalue weighted by molar-refractivity contribution is -0.172. The molecule has 0 saturated heterocycles. The van der Waals surface area contributed by atoms with Crippen LogP contribution in [0.25, 0.3) is 22.3 Å². The fraction of sp³-hybridized carbons (Fsp3) is 0.568. The summed E-state index contributed by atoms with van der Waals surface area (Å²) in [4.78, 5) is 87.1. The first-order valence-corrected chi connectivity index (χ1v) is 21.1. The first kappa shape index (κ1) is 45.3. The molecular formula is C44H58FN7O9. The highest BCUT2D eigenvalue weighted by atomic mass is 19.1. The van der Waals surface area contributed by atoms with Crippen LogP contribution in [-0.4, -0.2) is 80.1 Å². The Bertz CT molecular complexity index is 2340. The average molecular weight is 848 g/mol. The second kappa shape index (κ2) is 17.6. The Kier molecular flexibility index (Phi) is 13.1. The number of benzene rings is 1. The molecule has 0 spiro atoms. The maximum atomic E-state index is 15.4. The molecule has 4 amide bonds. The van der Waals surface area contributed by atoms with Crippen LogP contribution in [0.4, 0.5) is 9.18 Å². The number of fused-ring (bicyclic) bond motifs is 5. The molecule has 0 radical (unpaired) electrons. The van der Waals surface area contributed by atoms with Gasteiger partial charge in [0.25, 0.3) is 5.56 Å². The number of hydrogen-bond acceptors (Lipinski definition) is 12. The molecule has 61 heavy (non-hydrogen) atoms. The van der Waals surface area contributed by atoms with Crippen LogP contribution in [0.2, 0.25) is 0 Å². The summed E-state index contributed by atoms with van der Waals surface area (Å²) < 4.78 is 27.9. The van der Waals surface area contributed by atoms with Crippen molar-refractivity contribution in [2.75, 3.05) is 13.1 Å². The Morgan fingerprint density at radius 3 is 2.49 bits per heavy atom. The number of hydrogen-bond donors (Lipinski definition) is 5. The van der Waals surface area contributed by atoms with Gasteiger partial charge in [0.2, 0.25) is 17.7 Å². The Morgan fingerprint density at radius 1 is 1.11 bits per heavy atom. The first-order valence-electron chi connectivity index (χ1n) is 21.1. The number of esters is 1. The summed E-state index contributed by atoms with van der Waals surface area (Å²) in [5.41, 5.74) is 12.3. The second-order valence-electron chi connectivity index (χ2n) is 17.7.